The van der Waals surface area contributed by atoms with Crippen molar-refractivity contribution in [3.8, 4) is 5.75 Å². The number of hydrogen-bond donors (Lipinski definition) is 2. The van der Waals surface area contributed by atoms with Crippen LogP contribution in [-0.4, -0.2) is 55.0 Å². The van der Waals surface area contributed by atoms with Gasteiger partial charge in [-0.25, -0.2) is 4.98 Å². The van der Waals surface area contributed by atoms with Crippen molar-refractivity contribution in [3.63, 3.8) is 0 Å². The van der Waals surface area contributed by atoms with Crippen molar-refractivity contribution in [1.29, 1.82) is 0 Å². The highest BCUT2D eigenvalue weighted by molar-refractivity contribution is 7.80. The lowest BCUT2D eigenvalue weighted by Gasteiger charge is -2.36. The van der Waals surface area contributed by atoms with E-state index in [1.165, 1.54) is 6.08 Å². The number of nitrogens with one attached hydrogen (secondary N) is 1. The molecule has 178 valence electrons. The molecule has 0 unspecified atom stereocenters. The number of amides is 1. The number of ether oxygens (including phenoxy) is 1. The lowest BCUT2D eigenvalue weighted by Crippen LogP contribution is -2.42. The Labute approximate surface area is 207 Å². The number of nitrogens with zero attached hydrogens (tertiary/aromatic N) is 3. The summed E-state index contributed by atoms with van der Waals surface area (Å²) in [4.78, 5) is 22.1. The number of pyridine rings is 1. The first-order valence-electron chi connectivity index (χ1n) is 11.6. The predicted molar refractivity (Wildman–Crippen MR) is 144 cm³/mol. The molecule has 6 nitrogen and oxygen atoms in total. The third kappa shape index (κ3) is 5.90. The molecular weight excluding hydrogens is 444 g/mol. The minimum atomic E-state index is -0.180. The van der Waals surface area contributed by atoms with Crippen molar-refractivity contribution in [3.05, 3.63) is 65.7 Å². The number of carbonyl (C=O) groups excluding carboxylic acids is 1. The van der Waals surface area contributed by atoms with Gasteiger partial charge in [-0.1, -0.05) is 12.1 Å². The Morgan fingerprint density at radius 2 is 1.91 bits per heavy atom. The van der Waals surface area contributed by atoms with E-state index < -0.39 is 0 Å². The van der Waals surface area contributed by atoms with Crippen LogP contribution in [0.15, 0.2) is 54.6 Å². The normalized spacial score (nSPS) is 14.8. The van der Waals surface area contributed by atoms with E-state index in [9.17, 15) is 4.79 Å². The number of rotatable bonds is 7. The van der Waals surface area contributed by atoms with Gasteiger partial charge < -0.3 is 19.9 Å². The van der Waals surface area contributed by atoms with Gasteiger partial charge in [0.05, 0.1) is 5.52 Å². The van der Waals surface area contributed by atoms with Crippen LogP contribution < -0.4 is 15.0 Å². The molecule has 1 aromatic heterocycles. The molecule has 1 fully saturated rings. The molecule has 0 bridgehead atoms. The van der Waals surface area contributed by atoms with Gasteiger partial charge in [0.2, 0.25) is 5.91 Å². The molecule has 0 atom stereocenters. The number of benzene rings is 2. The lowest BCUT2D eigenvalue weighted by atomic mass is 10.0. The van der Waals surface area contributed by atoms with Gasteiger partial charge in [-0.15, -0.1) is 12.6 Å². The quantitative estimate of drug-likeness (QED) is 0.286. The Balaban J connectivity index is 1.42. The minimum Gasteiger partial charge on any atom is -0.483 e. The number of aryl methyl sites for hydroxylation is 1. The Morgan fingerprint density at radius 1 is 1.18 bits per heavy atom. The van der Waals surface area contributed by atoms with E-state index in [0.717, 1.165) is 65.2 Å². The van der Waals surface area contributed by atoms with Crippen LogP contribution in [0.1, 0.15) is 24.0 Å². The molecule has 3 aromatic rings. The highest BCUT2D eigenvalue weighted by Gasteiger charge is 2.22. The van der Waals surface area contributed by atoms with E-state index in [-0.39, 0.29) is 5.91 Å². The molecule has 1 saturated heterocycles. The van der Waals surface area contributed by atoms with Gasteiger partial charge in [0.15, 0.2) is 0 Å². The maximum Gasteiger partial charge on any atom is 0.248 e. The number of aromatic nitrogens is 1. The third-order valence-corrected chi connectivity index (χ3v) is 6.46. The molecule has 0 radical (unpaired) electrons. The van der Waals surface area contributed by atoms with Crippen LogP contribution in [-0.2, 0) is 4.79 Å². The Morgan fingerprint density at radius 3 is 2.59 bits per heavy atom. The molecule has 0 aliphatic carbocycles. The summed E-state index contributed by atoms with van der Waals surface area (Å²) in [6, 6.07) is 16.2. The van der Waals surface area contributed by atoms with Crippen molar-refractivity contribution in [2.45, 2.75) is 25.8 Å². The average molecular weight is 477 g/mol. The second-order valence-corrected chi connectivity index (χ2v) is 9.13. The maximum absolute atomic E-state index is 12.5. The zero-order valence-electron chi connectivity index (χ0n) is 20.0. The smallest absolute Gasteiger partial charge is 0.248 e. The van der Waals surface area contributed by atoms with Crippen LogP contribution in [0.2, 0.25) is 0 Å². The van der Waals surface area contributed by atoms with Gasteiger partial charge in [0, 0.05) is 36.3 Å². The maximum atomic E-state index is 12.5. The van der Waals surface area contributed by atoms with Crippen LogP contribution in [0.4, 0.5) is 11.5 Å². The Bertz CT molecular complexity index is 1170. The topological polar surface area (TPSA) is 57.7 Å². The second-order valence-electron chi connectivity index (χ2n) is 8.88. The summed E-state index contributed by atoms with van der Waals surface area (Å²) in [6.45, 7) is 4.14. The van der Waals surface area contributed by atoms with Crippen molar-refractivity contribution >= 4 is 47.0 Å². The highest BCUT2D eigenvalue weighted by Crippen LogP contribution is 2.27. The van der Waals surface area contributed by atoms with Crippen LogP contribution in [0.3, 0.4) is 0 Å². The minimum absolute atomic E-state index is 0.180. The average Bonchev–Trinajstić information content (AvgIpc) is 2.84. The number of anilines is 2. The number of thiol groups is 1. The number of hydrogen-bond acceptors (Lipinski definition) is 6. The van der Waals surface area contributed by atoms with Crippen molar-refractivity contribution in [2.75, 3.05) is 43.3 Å². The fourth-order valence-corrected chi connectivity index (χ4v) is 4.48. The summed E-state index contributed by atoms with van der Waals surface area (Å²) in [7, 11) is 4.31. The summed E-state index contributed by atoms with van der Waals surface area (Å²) in [5, 5.41) is 4.00. The van der Waals surface area contributed by atoms with E-state index in [1.54, 1.807) is 6.08 Å². The third-order valence-electron chi connectivity index (χ3n) is 6.33. The first kappa shape index (κ1) is 24.1. The predicted octanol–water partition coefficient (Wildman–Crippen LogP) is 4.99. The second kappa shape index (κ2) is 10.9. The van der Waals surface area contributed by atoms with Crippen LogP contribution in [0, 0.1) is 6.92 Å². The summed E-state index contributed by atoms with van der Waals surface area (Å²) < 4.78 is 5.32. The molecule has 2 aromatic carbocycles. The molecule has 7 heteroatoms. The van der Waals surface area contributed by atoms with Gasteiger partial charge in [0.25, 0.3) is 0 Å². The van der Waals surface area contributed by atoms with Gasteiger partial charge in [-0.05, 0) is 87.5 Å². The van der Waals surface area contributed by atoms with Crippen LogP contribution in [0.25, 0.3) is 17.0 Å². The van der Waals surface area contributed by atoms with Crippen LogP contribution in [0.5, 0.6) is 5.75 Å². The summed E-state index contributed by atoms with van der Waals surface area (Å²) in [5.74, 6) is 1.93. The highest BCUT2D eigenvalue weighted by atomic mass is 32.1. The standard InChI is InChI=1S/C27H32N4O2S/c1-19-16-26(31-14-12-22(13-15-31)30(2)3)29-25-10-7-21(17-24(19)25)28-27(32)11-6-20-4-8-23(9-5-20)33-18-34/h4-11,16-17,22,34H,12-15,18H2,1-3H3,(H,28,32). The molecule has 1 amide bonds. The van der Waals surface area contributed by atoms with E-state index >= 15 is 0 Å². The summed E-state index contributed by atoms with van der Waals surface area (Å²) >= 11 is 4.04. The van der Waals surface area contributed by atoms with E-state index in [4.69, 9.17) is 9.72 Å². The molecule has 2 heterocycles. The number of piperidine rings is 1. The Kier molecular flexibility index (Phi) is 7.75. The van der Waals surface area contributed by atoms with Gasteiger partial charge in [0.1, 0.15) is 17.5 Å². The molecule has 4 rings (SSSR count). The SMILES string of the molecule is Cc1cc(N2CCC(N(C)C)CC2)nc2ccc(NC(=O)C=Cc3ccc(OCS)cc3)cc12. The molecule has 1 aliphatic rings. The number of carbonyl (C=O) groups is 1. The summed E-state index contributed by atoms with van der Waals surface area (Å²) in [5.41, 5.74) is 3.78. The molecule has 0 saturated carbocycles. The molecule has 0 spiro atoms. The lowest BCUT2D eigenvalue weighted by molar-refractivity contribution is -0.111. The molecule has 34 heavy (non-hydrogen) atoms. The fraction of sp³-hybridized carbons (Fsp3) is 0.333. The fourth-order valence-electron chi connectivity index (χ4n) is 4.33. The van der Waals surface area contributed by atoms with Crippen LogP contribution >= 0.6 is 12.6 Å². The zero-order valence-corrected chi connectivity index (χ0v) is 20.9. The first-order valence-corrected chi connectivity index (χ1v) is 12.2. The van der Waals surface area contributed by atoms with Crippen molar-refractivity contribution in [1.82, 2.24) is 9.88 Å². The zero-order chi connectivity index (χ0) is 24.1. The summed E-state index contributed by atoms with van der Waals surface area (Å²) in [6.07, 6.45) is 5.61. The number of fused-ring (bicyclic) bond motifs is 1. The van der Waals surface area contributed by atoms with Gasteiger partial charge >= 0.3 is 0 Å². The first-order chi connectivity index (χ1) is 16.4. The van der Waals surface area contributed by atoms with Gasteiger partial charge in [-0.2, -0.15) is 0 Å². The monoisotopic (exact) mass is 476 g/mol. The Hall–Kier alpha value is -3.03. The van der Waals surface area contributed by atoms with E-state index in [0.29, 0.717) is 12.0 Å². The van der Waals surface area contributed by atoms with Gasteiger partial charge in [-0.3, -0.25) is 4.79 Å². The molecular formula is C27H32N4O2S. The largest absolute Gasteiger partial charge is 0.483 e. The molecule has 1 N–H and O–H groups in total. The van der Waals surface area contributed by atoms with Crippen molar-refractivity contribution in [2.24, 2.45) is 0 Å². The van der Waals surface area contributed by atoms with E-state index in [2.05, 4.69) is 54.8 Å². The molecule has 1 aliphatic heterocycles. The van der Waals surface area contributed by atoms with Crippen molar-refractivity contribution < 1.29 is 9.53 Å². The van der Waals surface area contributed by atoms with E-state index in [1.807, 2.05) is 42.5 Å².